The molecule has 6 heteroatoms. The third kappa shape index (κ3) is 3.51. The first-order valence-corrected chi connectivity index (χ1v) is 6.57. The van der Waals surface area contributed by atoms with Crippen molar-refractivity contribution < 1.29 is 9.84 Å². The van der Waals surface area contributed by atoms with Crippen molar-refractivity contribution in [2.75, 3.05) is 0 Å². The van der Waals surface area contributed by atoms with Crippen LogP contribution >= 0.6 is 34.8 Å². The van der Waals surface area contributed by atoms with E-state index in [1.54, 1.807) is 19.1 Å². The summed E-state index contributed by atoms with van der Waals surface area (Å²) < 4.78 is 5.56. The van der Waals surface area contributed by atoms with Gasteiger partial charge in [0.05, 0.1) is 33.1 Å². The molecule has 1 heterocycles. The Kier molecular flexibility index (Phi) is 4.53. The van der Waals surface area contributed by atoms with Gasteiger partial charge < -0.3 is 9.84 Å². The number of benzene rings is 1. The van der Waals surface area contributed by atoms with Gasteiger partial charge in [0, 0.05) is 6.07 Å². The van der Waals surface area contributed by atoms with Crippen LogP contribution in [0.3, 0.4) is 0 Å². The Morgan fingerprint density at radius 3 is 2.37 bits per heavy atom. The summed E-state index contributed by atoms with van der Waals surface area (Å²) >= 11 is 17.7. The highest BCUT2D eigenvalue weighted by atomic mass is 35.5. The van der Waals surface area contributed by atoms with Crippen molar-refractivity contribution in [2.24, 2.45) is 0 Å². The van der Waals surface area contributed by atoms with Gasteiger partial charge >= 0.3 is 0 Å². The first-order valence-electron chi connectivity index (χ1n) is 5.44. The third-order valence-corrected chi connectivity index (χ3v) is 3.41. The lowest BCUT2D eigenvalue weighted by Gasteiger charge is -2.09. The molecule has 0 saturated carbocycles. The average Bonchev–Trinajstić information content (AvgIpc) is 2.36. The topological polar surface area (TPSA) is 42.4 Å². The van der Waals surface area contributed by atoms with Gasteiger partial charge in [0.2, 0.25) is 0 Å². The second-order valence-corrected chi connectivity index (χ2v) is 5.12. The molecule has 0 aliphatic heterocycles. The normalized spacial score (nSPS) is 12.3. The van der Waals surface area contributed by atoms with E-state index >= 15 is 0 Å². The molecule has 0 aliphatic rings. The molecule has 1 aromatic carbocycles. The number of hydrogen-bond acceptors (Lipinski definition) is 3. The number of halogens is 3. The summed E-state index contributed by atoms with van der Waals surface area (Å²) in [5.74, 6) is 0.882. The molecule has 3 nitrogen and oxygen atoms in total. The number of hydrogen-bond donors (Lipinski definition) is 1. The Morgan fingerprint density at radius 1 is 1.11 bits per heavy atom. The Hall–Kier alpha value is -1.00. The van der Waals surface area contributed by atoms with Crippen molar-refractivity contribution >= 4 is 34.8 Å². The van der Waals surface area contributed by atoms with Crippen LogP contribution in [0.2, 0.25) is 15.1 Å². The molecule has 100 valence electrons. The van der Waals surface area contributed by atoms with E-state index in [0.29, 0.717) is 32.3 Å². The molecule has 1 atom stereocenters. The van der Waals surface area contributed by atoms with Crippen molar-refractivity contribution in [1.82, 2.24) is 4.98 Å². The number of nitrogens with zero attached hydrogens (tertiary/aromatic N) is 1. The van der Waals surface area contributed by atoms with Crippen molar-refractivity contribution in [3.63, 3.8) is 0 Å². The summed E-state index contributed by atoms with van der Waals surface area (Å²) in [7, 11) is 0. The lowest BCUT2D eigenvalue weighted by molar-refractivity contribution is 0.194. The van der Waals surface area contributed by atoms with Gasteiger partial charge in [-0.3, -0.25) is 4.98 Å². The standard InChI is InChI=1S/C13H10Cl3NO2/c1-7(18)12-3-2-8(6-17-12)19-13-5-10(15)9(14)4-11(13)16/h2-7,18H,1H3. The van der Waals surface area contributed by atoms with E-state index in [4.69, 9.17) is 39.5 Å². The van der Waals surface area contributed by atoms with Crippen LogP contribution in [-0.2, 0) is 0 Å². The van der Waals surface area contributed by atoms with Crippen LogP contribution in [0.25, 0.3) is 0 Å². The molecule has 2 rings (SSSR count). The summed E-state index contributed by atoms with van der Waals surface area (Å²) in [4.78, 5) is 4.07. The Bertz CT molecular complexity index is 585. The van der Waals surface area contributed by atoms with Crippen molar-refractivity contribution in [2.45, 2.75) is 13.0 Å². The summed E-state index contributed by atoms with van der Waals surface area (Å²) in [6.45, 7) is 1.64. The number of ether oxygens (including phenoxy) is 1. The fourth-order valence-corrected chi connectivity index (χ4v) is 1.98. The summed E-state index contributed by atoms with van der Waals surface area (Å²) in [6.07, 6.45) is 0.878. The minimum absolute atomic E-state index is 0.356. The second-order valence-electron chi connectivity index (χ2n) is 3.89. The third-order valence-electron chi connectivity index (χ3n) is 2.39. The summed E-state index contributed by atoms with van der Waals surface area (Å²) in [6, 6.07) is 6.41. The Morgan fingerprint density at radius 2 is 1.79 bits per heavy atom. The van der Waals surface area contributed by atoms with E-state index in [1.807, 2.05) is 0 Å². The lowest BCUT2D eigenvalue weighted by Crippen LogP contribution is -1.95. The van der Waals surface area contributed by atoms with Crippen LogP contribution in [0.15, 0.2) is 30.5 Å². The molecular weight excluding hydrogens is 309 g/mol. The highest BCUT2D eigenvalue weighted by molar-refractivity contribution is 6.43. The minimum atomic E-state index is -0.623. The summed E-state index contributed by atoms with van der Waals surface area (Å²) in [5, 5.41) is 10.4. The number of pyridine rings is 1. The van der Waals surface area contributed by atoms with E-state index in [9.17, 15) is 5.11 Å². The van der Waals surface area contributed by atoms with Crippen molar-refractivity contribution in [3.05, 3.63) is 51.2 Å². The first kappa shape index (κ1) is 14.4. The second kappa shape index (κ2) is 5.97. The summed E-state index contributed by atoms with van der Waals surface area (Å²) in [5.41, 5.74) is 0.563. The van der Waals surface area contributed by atoms with E-state index in [1.165, 1.54) is 18.3 Å². The molecule has 0 radical (unpaired) electrons. The lowest BCUT2D eigenvalue weighted by atomic mass is 10.2. The maximum absolute atomic E-state index is 9.36. The molecule has 1 unspecified atom stereocenters. The van der Waals surface area contributed by atoms with Crippen LogP contribution in [0.1, 0.15) is 18.7 Å². The highest BCUT2D eigenvalue weighted by Crippen LogP contribution is 2.36. The van der Waals surface area contributed by atoms with Gasteiger partial charge in [-0.15, -0.1) is 0 Å². The van der Waals surface area contributed by atoms with Crippen LogP contribution in [0.4, 0.5) is 0 Å². The molecule has 0 fully saturated rings. The van der Waals surface area contributed by atoms with Gasteiger partial charge in [0.15, 0.2) is 0 Å². The minimum Gasteiger partial charge on any atom is -0.454 e. The SMILES string of the molecule is CC(O)c1ccc(Oc2cc(Cl)c(Cl)cc2Cl)cn1. The molecule has 0 spiro atoms. The molecular formula is C13H10Cl3NO2. The molecule has 0 bridgehead atoms. The van der Waals surface area contributed by atoms with Crippen molar-refractivity contribution in [3.8, 4) is 11.5 Å². The van der Waals surface area contributed by atoms with Gasteiger partial charge in [0.1, 0.15) is 11.5 Å². The number of aliphatic hydroxyl groups is 1. The smallest absolute Gasteiger partial charge is 0.147 e. The van der Waals surface area contributed by atoms with Crippen LogP contribution < -0.4 is 4.74 Å². The predicted octanol–water partition coefficient (Wildman–Crippen LogP) is 4.89. The molecule has 2 aromatic rings. The van der Waals surface area contributed by atoms with E-state index in [0.717, 1.165) is 0 Å². The maximum atomic E-state index is 9.36. The largest absolute Gasteiger partial charge is 0.454 e. The fraction of sp³-hybridized carbons (Fsp3) is 0.154. The van der Waals surface area contributed by atoms with Crippen molar-refractivity contribution in [1.29, 1.82) is 0 Å². The van der Waals surface area contributed by atoms with Crippen LogP contribution in [0.5, 0.6) is 11.5 Å². The molecule has 0 saturated heterocycles. The number of rotatable bonds is 3. The zero-order valence-electron chi connectivity index (χ0n) is 9.90. The quantitative estimate of drug-likeness (QED) is 0.819. The van der Waals surface area contributed by atoms with Gasteiger partial charge in [-0.25, -0.2) is 0 Å². The van der Waals surface area contributed by atoms with Gasteiger partial charge in [0.25, 0.3) is 0 Å². The predicted molar refractivity (Wildman–Crippen MR) is 76.4 cm³/mol. The van der Waals surface area contributed by atoms with Gasteiger partial charge in [-0.05, 0) is 25.1 Å². The van der Waals surface area contributed by atoms with Crippen LogP contribution in [-0.4, -0.2) is 10.1 Å². The molecule has 0 aliphatic carbocycles. The Balaban J connectivity index is 2.24. The van der Waals surface area contributed by atoms with Gasteiger partial charge in [-0.1, -0.05) is 34.8 Å². The highest BCUT2D eigenvalue weighted by Gasteiger charge is 2.09. The van der Waals surface area contributed by atoms with E-state index < -0.39 is 6.10 Å². The number of aliphatic hydroxyl groups excluding tert-OH is 1. The number of aromatic nitrogens is 1. The van der Waals surface area contributed by atoms with E-state index in [-0.39, 0.29) is 0 Å². The fourth-order valence-electron chi connectivity index (χ4n) is 1.41. The van der Waals surface area contributed by atoms with E-state index in [2.05, 4.69) is 4.98 Å². The maximum Gasteiger partial charge on any atom is 0.147 e. The molecule has 0 amide bonds. The zero-order valence-corrected chi connectivity index (χ0v) is 12.2. The molecule has 19 heavy (non-hydrogen) atoms. The molecule has 1 N–H and O–H groups in total. The van der Waals surface area contributed by atoms with Gasteiger partial charge in [-0.2, -0.15) is 0 Å². The average molecular weight is 319 g/mol. The monoisotopic (exact) mass is 317 g/mol. The molecule has 1 aromatic heterocycles. The Labute approximate surface area is 125 Å². The first-order chi connectivity index (χ1) is 8.97. The zero-order chi connectivity index (χ0) is 14.0. The van der Waals surface area contributed by atoms with Crippen LogP contribution in [0, 0.1) is 0 Å².